The Labute approximate surface area is 124 Å². The maximum atomic E-state index is 12.4. The number of oxazole rings is 1. The predicted octanol–water partition coefficient (Wildman–Crippen LogP) is 1.49. The van der Waals surface area contributed by atoms with E-state index in [1.807, 2.05) is 13.1 Å². The second-order valence-electron chi connectivity index (χ2n) is 4.76. The maximum Gasteiger partial charge on any atom is 0.241 e. The molecule has 0 amide bonds. The van der Waals surface area contributed by atoms with Gasteiger partial charge in [-0.05, 0) is 38.1 Å². The summed E-state index contributed by atoms with van der Waals surface area (Å²) in [4.78, 5) is 4.25. The van der Waals surface area contributed by atoms with Gasteiger partial charge in [-0.25, -0.2) is 18.1 Å². The molecular formula is C14H19N3O3S. The van der Waals surface area contributed by atoms with Crippen LogP contribution >= 0.6 is 0 Å². The minimum Gasteiger partial charge on any atom is -0.445 e. The van der Waals surface area contributed by atoms with Crippen molar-refractivity contribution in [1.82, 2.24) is 15.0 Å². The molecule has 0 aliphatic carbocycles. The summed E-state index contributed by atoms with van der Waals surface area (Å²) in [5, 5.41) is 3.02. The molecule has 0 radical (unpaired) electrons. The van der Waals surface area contributed by atoms with Crippen LogP contribution in [-0.2, 0) is 23.1 Å². The number of sulfonamides is 1. The van der Waals surface area contributed by atoms with E-state index in [1.165, 1.54) is 0 Å². The van der Waals surface area contributed by atoms with Crippen LogP contribution in [0.1, 0.15) is 22.8 Å². The molecule has 1 aromatic heterocycles. The summed E-state index contributed by atoms with van der Waals surface area (Å²) in [6.07, 6.45) is 1.56. The molecule has 2 rings (SSSR count). The van der Waals surface area contributed by atoms with Gasteiger partial charge in [-0.15, -0.1) is 0 Å². The van der Waals surface area contributed by atoms with Crippen molar-refractivity contribution < 1.29 is 12.8 Å². The van der Waals surface area contributed by atoms with E-state index < -0.39 is 10.0 Å². The van der Waals surface area contributed by atoms with Crippen molar-refractivity contribution in [2.75, 3.05) is 7.05 Å². The number of hydrogen-bond donors (Lipinski definition) is 2. The smallest absolute Gasteiger partial charge is 0.241 e. The van der Waals surface area contributed by atoms with Crippen molar-refractivity contribution in [3.8, 4) is 0 Å². The molecule has 21 heavy (non-hydrogen) atoms. The van der Waals surface area contributed by atoms with Gasteiger partial charge in [0.15, 0.2) is 0 Å². The minimum absolute atomic E-state index is 0.0336. The van der Waals surface area contributed by atoms with Gasteiger partial charge in [-0.1, -0.05) is 12.1 Å². The Morgan fingerprint density at radius 2 is 2.00 bits per heavy atom. The highest BCUT2D eigenvalue weighted by Gasteiger charge is 2.18. The third-order valence-electron chi connectivity index (χ3n) is 3.14. The Kier molecular flexibility index (Phi) is 4.76. The van der Waals surface area contributed by atoms with Gasteiger partial charge >= 0.3 is 0 Å². The second-order valence-corrected chi connectivity index (χ2v) is 6.50. The normalized spacial score (nSPS) is 11.8. The van der Waals surface area contributed by atoms with E-state index in [2.05, 4.69) is 15.0 Å². The first kappa shape index (κ1) is 15.7. The molecule has 2 aromatic rings. The van der Waals surface area contributed by atoms with Crippen molar-refractivity contribution in [1.29, 1.82) is 0 Å². The van der Waals surface area contributed by atoms with Crippen LogP contribution in [-0.4, -0.2) is 20.4 Å². The summed E-state index contributed by atoms with van der Waals surface area (Å²) < 4.78 is 32.5. The lowest BCUT2D eigenvalue weighted by Crippen LogP contribution is -2.24. The van der Waals surface area contributed by atoms with Crippen molar-refractivity contribution in [3.63, 3.8) is 0 Å². The summed E-state index contributed by atoms with van der Waals surface area (Å²) in [6.45, 7) is 4.22. The van der Waals surface area contributed by atoms with Crippen LogP contribution in [0.2, 0.25) is 0 Å². The molecule has 0 aliphatic rings. The first-order valence-corrected chi connectivity index (χ1v) is 8.06. The van der Waals surface area contributed by atoms with Crippen LogP contribution in [0.25, 0.3) is 0 Å². The molecule has 0 saturated carbocycles. The molecule has 6 nitrogen and oxygen atoms in total. The molecule has 0 saturated heterocycles. The zero-order valence-corrected chi connectivity index (χ0v) is 13.1. The van der Waals surface area contributed by atoms with Crippen molar-refractivity contribution in [3.05, 3.63) is 47.2 Å². The van der Waals surface area contributed by atoms with Crippen molar-refractivity contribution >= 4 is 10.0 Å². The monoisotopic (exact) mass is 309 g/mol. The highest BCUT2D eigenvalue weighted by atomic mass is 32.2. The molecule has 1 heterocycles. The van der Waals surface area contributed by atoms with Crippen molar-refractivity contribution in [2.45, 2.75) is 31.8 Å². The van der Waals surface area contributed by atoms with Crippen molar-refractivity contribution in [2.24, 2.45) is 0 Å². The van der Waals surface area contributed by atoms with E-state index in [0.717, 1.165) is 11.1 Å². The Morgan fingerprint density at radius 3 is 2.62 bits per heavy atom. The Bertz CT molecular complexity index is 723. The number of rotatable bonds is 6. The number of aromatic nitrogens is 1. The zero-order valence-electron chi connectivity index (χ0n) is 12.3. The van der Waals surface area contributed by atoms with E-state index in [1.54, 1.807) is 32.2 Å². The fourth-order valence-electron chi connectivity index (χ4n) is 2.05. The molecule has 0 aliphatic heterocycles. The van der Waals surface area contributed by atoms with Gasteiger partial charge in [0, 0.05) is 6.54 Å². The second kappa shape index (κ2) is 6.38. The first-order chi connectivity index (χ1) is 9.94. The van der Waals surface area contributed by atoms with Gasteiger partial charge in [0.2, 0.25) is 15.9 Å². The average Bonchev–Trinajstić information content (AvgIpc) is 2.85. The van der Waals surface area contributed by atoms with Gasteiger partial charge in [0.05, 0.1) is 17.6 Å². The summed E-state index contributed by atoms with van der Waals surface area (Å²) in [6, 6.07) is 5.24. The summed E-state index contributed by atoms with van der Waals surface area (Å²) in [5.74, 6) is 0.997. The molecule has 0 atom stereocenters. The fraction of sp³-hybridized carbons (Fsp3) is 0.357. The molecule has 2 N–H and O–H groups in total. The van der Waals surface area contributed by atoms with Gasteiger partial charge in [-0.2, -0.15) is 0 Å². The Balaban J connectivity index is 2.21. The van der Waals surface area contributed by atoms with E-state index in [4.69, 9.17) is 4.42 Å². The van der Waals surface area contributed by atoms with E-state index in [0.29, 0.717) is 18.2 Å². The Hall–Kier alpha value is -1.70. The number of aryl methyl sites for hydroxylation is 1. The minimum atomic E-state index is -3.60. The third-order valence-corrected chi connectivity index (χ3v) is 4.68. The number of benzene rings is 1. The third kappa shape index (κ3) is 3.69. The lowest BCUT2D eigenvalue weighted by molar-refractivity contribution is 0.463. The van der Waals surface area contributed by atoms with Crippen LogP contribution in [0.4, 0.5) is 0 Å². The van der Waals surface area contributed by atoms with Crippen LogP contribution in [0, 0.1) is 13.8 Å². The van der Waals surface area contributed by atoms with Crippen LogP contribution in [0.15, 0.2) is 33.7 Å². The predicted molar refractivity (Wildman–Crippen MR) is 79.2 cm³/mol. The Morgan fingerprint density at radius 1 is 1.24 bits per heavy atom. The number of nitrogens with zero attached hydrogens (tertiary/aromatic N) is 1. The molecular weight excluding hydrogens is 290 g/mol. The summed E-state index contributed by atoms with van der Waals surface area (Å²) >= 11 is 0. The standard InChI is InChI=1S/C14H19N3O3S/c1-10-7-16-14(20-10)9-17-21(18,19)13-6-4-5-12(8-15-3)11(13)2/h4-7,15,17H,8-9H2,1-3H3. The molecule has 7 heteroatoms. The topological polar surface area (TPSA) is 84.2 Å². The number of hydrogen-bond acceptors (Lipinski definition) is 5. The van der Waals surface area contributed by atoms with Gasteiger partial charge in [0.25, 0.3) is 0 Å². The quantitative estimate of drug-likeness (QED) is 0.844. The van der Waals surface area contributed by atoms with E-state index in [-0.39, 0.29) is 11.4 Å². The average molecular weight is 309 g/mol. The summed E-state index contributed by atoms with van der Waals surface area (Å²) in [7, 11) is -1.78. The first-order valence-electron chi connectivity index (χ1n) is 6.58. The lowest BCUT2D eigenvalue weighted by atomic mass is 10.1. The van der Waals surface area contributed by atoms with Crippen LogP contribution < -0.4 is 10.0 Å². The fourth-order valence-corrected chi connectivity index (χ4v) is 3.31. The highest BCUT2D eigenvalue weighted by molar-refractivity contribution is 7.89. The van der Waals surface area contributed by atoms with Crippen LogP contribution in [0.3, 0.4) is 0 Å². The molecule has 0 bridgehead atoms. The van der Waals surface area contributed by atoms with Gasteiger partial charge in [-0.3, -0.25) is 0 Å². The van der Waals surface area contributed by atoms with E-state index >= 15 is 0 Å². The zero-order chi connectivity index (χ0) is 15.5. The highest BCUT2D eigenvalue weighted by Crippen LogP contribution is 2.19. The SMILES string of the molecule is CNCc1cccc(S(=O)(=O)NCc2ncc(C)o2)c1C. The molecule has 1 aromatic carbocycles. The molecule has 0 fully saturated rings. The molecule has 114 valence electrons. The maximum absolute atomic E-state index is 12.4. The summed E-state index contributed by atoms with van der Waals surface area (Å²) in [5.41, 5.74) is 1.69. The molecule has 0 unspecified atom stereocenters. The number of nitrogens with one attached hydrogen (secondary N) is 2. The molecule has 0 spiro atoms. The van der Waals surface area contributed by atoms with Gasteiger partial charge in [0.1, 0.15) is 5.76 Å². The lowest BCUT2D eigenvalue weighted by Gasteiger charge is -2.12. The van der Waals surface area contributed by atoms with Crippen LogP contribution in [0.5, 0.6) is 0 Å². The van der Waals surface area contributed by atoms with E-state index in [9.17, 15) is 8.42 Å². The van der Waals surface area contributed by atoms with Gasteiger partial charge < -0.3 is 9.73 Å². The largest absolute Gasteiger partial charge is 0.445 e.